The molecule has 0 aromatic heterocycles. The number of amides is 1. The molecule has 0 saturated heterocycles. The Morgan fingerprint density at radius 3 is 2.48 bits per heavy atom. The predicted molar refractivity (Wildman–Crippen MR) is 92.0 cm³/mol. The van der Waals surface area contributed by atoms with Gasteiger partial charge < -0.3 is 4.74 Å². The van der Waals surface area contributed by atoms with Crippen molar-refractivity contribution in [3.05, 3.63) is 60.9 Å². The molecule has 1 amide bonds. The highest BCUT2D eigenvalue weighted by molar-refractivity contribution is 9.11. The third kappa shape index (κ3) is 4.29. The van der Waals surface area contributed by atoms with E-state index in [-0.39, 0.29) is 5.91 Å². The van der Waals surface area contributed by atoms with Gasteiger partial charge in [-0.3, -0.25) is 10.2 Å². The van der Waals surface area contributed by atoms with Gasteiger partial charge in [0.15, 0.2) is 0 Å². The Labute approximate surface area is 147 Å². The first-order valence-corrected chi connectivity index (χ1v) is 8.26. The average molecular weight is 479 g/mol. The molecule has 0 fully saturated rings. The molecule has 2 aromatic carbocycles. The molecule has 0 saturated carbocycles. The maximum atomic E-state index is 11.4. The van der Waals surface area contributed by atoms with E-state index in [9.17, 15) is 4.79 Å². The zero-order valence-electron chi connectivity index (χ0n) is 10.7. The average Bonchev–Trinajstić information content (AvgIpc) is 2.46. The van der Waals surface area contributed by atoms with E-state index in [1.807, 2.05) is 24.3 Å². The summed E-state index contributed by atoms with van der Waals surface area (Å²) in [5.41, 5.74) is 3.51. The first kappa shape index (κ1) is 16.5. The molecule has 0 aliphatic carbocycles. The second-order valence-corrected chi connectivity index (χ2v) is 6.77. The molecule has 0 bridgehead atoms. The topological polar surface area (TPSA) is 64.3 Å². The summed E-state index contributed by atoms with van der Waals surface area (Å²) in [6, 6.07) is 10.9. The fourth-order valence-electron chi connectivity index (χ4n) is 1.64. The number of ether oxygens (including phenoxy) is 1. The number of nitrogen functional groups attached to an aromatic ring is 1. The van der Waals surface area contributed by atoms with Crippen molar-refractivity contribution in [1.29, 1.82) is 0 Å². The molecule has 0 aliphatic rings. The Morgan fingerprint density at radius 2 is 1.86 bits per heavy atom. The molecule has 3 N–H and O–H groups in total. The number of nitrogens with one attached hydrogen (secondary N) is 1. The number of carbonyl (C=O) groups is 1. The van der Waals surface area contributed by atoms with Crippen molar-refractivity contribution in [3.8, 4) is 5.75 Å². The molecule has 2 rings (SSSR count). The van der Waals surface area contributed by atoms with Crippen LogP contribution in [0.15, 0.2) is 49.8 Å². The van der Waals surface area contributed by atoms with Crippen molar-refractivity contribution in [3.63, 3.8) is 0 Å². The number of hydrogen-bond acceptors (Lipinski definition) is 3. The second-order valence-electron chi connectivity index (χ2n) is 4.14. The van der Waals surface area contributed by atoms with Crippen LogP contribution in [0.3, 0.4) is 0 Å². The van der Waals surface area contributed by atoms with Crippen LogP contribution in [0.2, 0.25) is 0 Å². The van der Waals surface area contributed by atoms with Crippen LogP contribution in [0, 0.1) is 0 Å². The van der Waals surface area contributed by atoms with Gasteiger partial charge in [0.05, 0.1) is 4.47 Å². The van der Waals surface area contributed by atoms with Crippen LogP contribution >= 0.6 is 47.8 Å². The summed E-state index contributed by atoms with van der Waals surface area (Å²) < 4.78 is 8.39. The van der Waals surface area contributed by atoms with Gasteiger partial charge in [0, 0.05) is 20.1 Å². The van der Waals surface area contributed by atoms with Crippen LogP contribution in [0.5, 0.6) is 5.75 Å². The summed E-state index contributed by atoms with van der Waals surface area (Å²) in [7, 11) is 0. The van der Waals surface area contributed by atoms with E-state index in [0.29, 0.717) is 12.2 Å². The highest BCUT2D eigenvalue weighted by atomic mass is 79.9. The molecule has 0 heterocycles. The Kier molecular flexibility index (Phi) is 5.80. The van der Waals surface area contributed by atoms with Crippen LogP contribution in [-0.4, -0.2) is 5.91 Å². The fraction of sp³-hybridized carbons (Fsp3) is 0.0714. The molecule has 110 valence electrons. The highest BCUT2D eigenvalue weighted by Crippen LogP contribution is 2.29. The molecule has 21 heavy (non-hydrogen) atoms. The van der Waals surface area contributed by atoms with Gasteiger partial charge in [-0.1, -0.05) is 37.9 Å². The van der Waals surface area contributed by atoms with Gasteiger partial charge in [-0.05, 0) is 46.3 Å². The number of nitrogens with two attached hydrogens (primary N) is 1. The summed E-state index contributed by atoms with van der Waals surface area (Å²) in [5.74, 6) is 5.52. The van der Waals surface area contributed by atoms with E-state index >= 15 is 0 Å². The van der Waals surface area contributed by atoms with Crippen LogP contribution in [0.1, 0.15) is 15.9 Å². The van der Waals surface area contributed by atoms with Gasteiger partial charge in [0.2, 0.25) is 0 Å². The van der Waals surface area contributed by atoms with E-state index in [2.05, 4.69) is 53.2 Å². The summed E-state index contributed by atoms with van der Waals surface area (Å²) in [5, 5.41) is 0. The van der Waals surface area contributed by atoms with Gasteiger partial charge in [-0.2, -0.15) is 0 Å². The summed E-state index contributed by atoms with van der Waals surface area (Å²) in [6.07, 6.45) is 0. The summed E-state index contributed by atoms with van der Waals surface area (Å²) in [6.45, 7) is 0.380. The molecule has 0 atom stereocenters. The minimum atomic E-state index is -0.334. The lowest BCUT2D eigenvalue weighted by molar-refractivity contribution is 0.0953. The van der Waals surface area contributed by atoms with Crippen molar-refractivity contribution in [2.45, 2.75) is 6.61 Å². The Bertz CT molecular complexity index is 677. The predicted octanol–water partition coefficient (Wildman–Crippen LogP) is 4.16. The van der Waals surface area contributed by atoms with E-state index in [1.165, 1.54) is 0 Å². The lowest BCUT2D eigenvalue weighted by atomic mass is 10.1. The molecule has 0 aliphatic heterocycles. The number of carbonyl (C=O) groups excluding carboxylic acids is 1. The molecule has 0 spiro atoms. The van der Waals surface area contributed by atoms with Crippen molar-refractivity contribution < 1.29 is 9.53 Å². The van der Waals surface area contributed by atoms with Gasteiger partial charge >= 0.3 is 0 Å². The van der Waals surface area contributed by atoms with Gasteiger partial charge in [-0.25, -0.2) is 5.84 Å². The maximum absolute atomic E-state index is 11.4. The first-order valence-electron chi connectivity index (χ1n) is 5.88. The number of rotatable bonds is 4. The first-order chi connectivity index (χ1) is 10.0. The third-order valence-corrected chi connectivity index (χ3v) is 4.57. The summed E-state index contributed by atoms with van der Waals surface area (Å²) >= 11 is 10.3. The Hall–Kier alpha value is -0.890. The van der Waals surface area contributed by atoms with Crippen molar-refractivity contribution in [2.75, 3.05) is 0 Å². The van der Waals surface area contributed by atoms with Gasteiger partial charge in [-0.15, -0.1) is 0 Å². The van der Waals surface area contributed by atoms with Crippen molar-refractivity contribution in [2.24, 2.45) is 5.84 Å². The largest absolute Gasteiger partial charge is 0.488 e. The third-order valence-electron chi connectivity index (χ3n) is 2.72. The molecular weight excluding hydrogens is 468 g/mol. The zero-order valence-corrected chi connectivity index (χ0v) is 15.5. The SMILES string of the molecule is NNC(=O)c1ccc(COc2ccc(Br)cc2Br)c(Br)c1. The molecule has 2 aromatic rings. The number of halogens is 3. The molecular formula is C14H11Br3N2O2. The molecule has 4 nitrogen and oxygen atoms in total. The van der Waals surface area contributed by atoms with Crippen LogP contribution < -0.4 is 16.0 Å². The van der Waals surface area contributed by atoms with Crippen molar-refractivity contribution in [1.82, 2.24) is 5.43 Å². The molecule has 0 unspecified atom stereocenters. The standard InChI is InChI=1S/C14H11Br3N2O2/c15-10-3-4-13(12(17)6-10)21-7-9-2-1-8(5-11(9)16)14(20)19-18/h1-6H,7,18H2,(H,19,20). The maximum Gasteiger partial charge on any atom is 0.265 e. The zero-order chi connectivity index (χ0) is 15.4. The lowest BCUT2D eigenvalue weighted by Gasteiger charge is -2.10. The van der Waals surface area contributed by atoms with E-state index in [4.69, 9.17) is 10.6 Å². The fourth-order valence-corrected chi connectivity index (χ4v) is 3.29. The lowest BCUT2D eigenvalue weighted by Crippen LogP contribution is -2.29. The minimum Gasteiger partial charge on any atom is -0.488 e. The second kappa shape index (κ2) is 7.40. The number of hydrogen-bond donors (Lipinski definition) is 2. The van der Waals surface area contributed by atoms with E-state index < -0.39 is 0 Å². The van der Waals surface area contributed by atoms with Crippen LogP contribution in [-0.2, 0) is 6.61 Å². The Balaban J connectivity index is 2.11. The van der Waals surface area contributed by atoms with Crippen molar-refractivity contribution >= 4 is 53.7 Å². The normalized spacial score (nSPS) is 10.3. The smallest absolute Gasteiger partial charge is 0.265 e. The van der Waals surface area contributed by atoms with E-state index in [0.717, 1.165) is 24.7 Å². The van der Waals surface area contributed by atoms with Gasteiger partial charge in [0.1, 0.15) is 12.4 Å². The number of hydrazine groups is 1. The molecule has 0 radical (unpaired) electrons. The van der Waals surface area contributed by atoms with Gasteiger partial charge in [0.25, 0.3) is 5.91 Å². The Morgan fingerprint density at radius 1 is 1.10 bits per heavy atom. The van der Waals surface area contributed by atoms with Crippen LogP contribution in [0.4, 0.5) is 0 Å². The van der Waals surface area contributed by atoms with E-state index in [1.54, 1.807) is 12.1 Å². The minimum absolute atomic E-state index is 0.334. The molecule has 7 heteroatoms. The quantitative estimate of drug-likeness (QED) is 0.394. The van der Waals surface area contributed by atoms with Crippen LogP contribution in [0.25, 0.3) is 0 Å². The monoisotopic (exact) mass is 476 g/mol. The number of benzene rings is 2. The highest BCUT2D eigenvalue weighted by Gasteiger charge is 2.08. The summed E-state index contributed by atoms with van der Waals surface area (Å²) in [4.78, 5) is 11.4.